The molecule has 11 nitrogen and oxygen atoms in total. The number of carbonyl (C=O) groups excluding carboxylic acids is 2. The lowest BCUT2D eigenvalue weighted by Gasteiger charge is -2.26. The van der Waals surface area contributed by atoms with E-state index in [9.17, 15) is 27.6 Å². The number of nitrogens with zero attached hydrogens (tertiary/aromatic N) is 4. The van der Waals surface area contributed by atoms with Gasteiger partial charge in [0, 0.05) is 20.4 Å². The fourth-order valence-corrected chi connectivity index (χ4v) is 4.00. The number of aromatic nitrogens is 4. The number of halogens is 5. The van der Waals surface area contributed by atoms with E-state index in [1.807, 2.05) is 0 Å². The highest BCUT2D eigenvalue weighted by Gasteiger charge is 2.60. The van der Waals surface area contributed by atoms with Crippen molar-refractivity contribution in [2.45, 2.75) is 70.6 Å². The largest absolute Gasteiger partial charge is 0.454 e. The maximum atomic E-state index is 15.3. The van der Waals surface area contributed by atoms with Gasteiger partial charge in [0.15, 0.2) is 29.3 Å². The SMILES string of the molecule is CCCn1c(=O)n(C2OC([C@@H](OC(C)=O)C(F)(F)F)C(F)C2OC(C)=O)c2nc(N)nc(Cl)c21. The monoisotopic (exact) mass is 513 g/mol. The molecule has 16 heteroatoms. The maximum absolute atomic E-state index is 15.3. The first-order chi connectivity index (χ1) is 15.8. The third-order valence-electron chi connectivity index (χ3n) is 4.90. The fourth-order valence-electron chi connectivity index (χ4n) is 3.73. The number of aryl methyl sites for hydroxylation is 1. The van der Waals surface area contributed by atoms with Gasteiger partial charge in [-0.05, 0) is 6.42 Å². The van der Waals surface area contributed by atoms with Crippen LogP contribution < -0.4 is 11.4 Å². The number of ether oxygens (including phenoxy) is 3. The molecule has 5 atom stereocenters. The third-order valence-corrected chi connectivity index (χ3v) is 5.16. The second kappa shape index (κ2) is 9.37. The Hall–Kier alpha value is -2.94. The number of esters is 2. The normalized spacial score (nSPS) is 23.8. The molecule has 1 saturated heterocycles. The summed E-state index contributed by atoms with van der Waals surface area (Å²) in [4.78, 5) is 43.8. The van der Waals surface area contributed by atoms with Gasteiger partial charge in [-0.25, -0.2) is 13.8 Å². The molecule has 3 rings (SSSR count). The van der Waals surface area contributed by atoms with E-state index < -0.39 is 54.5 Å². The van der Waals surface area contributed by atoms with E-state index in [0.29, 0.717) is 17.9 Å². The Kier molecular flexibility index (Phi) is 7.07. The van der Waals surface area contributed by atoms with Crippen molar-refractivity contribution in [3.63, 3.8) is 0 Å². The van der Waals surface area contributed by atoms with Crippen LogP contribution >= 0.6 is 11.6 Å². The standard InChI is InChI=1S/C18H20ClF4N5O6/c1-4-5-27-9-13(19)25-16(24)26-14(9)28(17(27)31)15-11(32-6(2)29)8(20)10(34-15)12(18(21,22)23)33-7(3)30/h8,10-12,15H,4-5H2,1-3H3,(H2,24,25,26)/t8?,10?,11?,12-,15?/m1/s1. The lowest BCUT2D eigenvalue weighted by Crippen LogP contribution is -2.47. The van der Waals surface area contributed by atoms with Crippen molar-refractivity contribution in [3.8, 4) is 0 Å². The Labute approximate surface area is 193 Å². The van der Waals surface area contributed by atoms with Crippen molar-refractivity contribution in [1.29, 1.82) is 0 Å². The van der Waals surface area contributed by atoms with Gasteiger partial charge in [0.05, 0.1) is 0 Å². The van der Waals surface area contributed by atoms with E-state index in [-0.39, 0.29) is 28.8 Å². The summed E-state index contributed by atoms with van der Waals surface area (Å²) in [7, 11) is 0. The van der Waals surface area contributed by atoms with Gasteiger partial charge in [-0.2, -0.15) is 23.1 Å². The van der Waals surface area contributed by atoms with Gasteiger partial charge in [-0.1, -0.05) is 18.5 Å². The van der Waals surface area contributed by atoms with E-state index >= 15 is 4.39 Å². The second-order valence-corrected chi connectivity index (χ2v) is 7.79. The molecule has 1 fully saturated rings. The molecule has 1 aliphatic rings. The van der Waals surface area contributed by atoms with Gasteiger partial charge in [-0.3, -0.25) is 14.2 Å². The van der Waals surface area contributed by atoms with Crippen molar-refractivity contribution >= 4 is 40.7 Å². The highest BCUT2D eigenvalue weighted by atomic mass is 35.5. The van der Waals surface area contributed by atoms with Crippen LogP contribution in [0.25, 0.3) is 11.2 Å². The first-order valence-corrected chi connectivity index (χ1v) is 10.3. The van der Waals surface area contributed by atoms with Gasteiger partial charge in [0.25, 0.3) is 0 Å². The van der Waals surface area contributed by atoms with Crippen molar-refractivity contribution in [2.75, 3.05) is 5.73 Å². The maximum Gasteiger partial charge on any atom is 0.428 e. The second-order valence-electron chi connectivity index (χ2n) is 7.43. The molecule has 2 N–H and O–H groups in total. The number of hydrogen-bond donors (Lipinski definition) is 1. The summed E-state index contributed by atoms with van der Waals surface area (Å²) < 4.78 is 72.4. The van der Waals surface area contributed by atoms with Crippen LogP contribution in [0.4, 0.5) is 23.5 Å². The number of carbonyl (C=O) groups is 2. The molecular formula is C18H20ClF4N5O6. The summed E-state index contributed by atoms with van der Waals surface area (Å²) >= 11 is 6.13. The Balaban J connectivity index is 2.23. The van der Waals surface area contributed by atoms with Crippen LogP contribution in [0, 0.1) is 0 Å². The molecule has 2 aromatic rings. The van der Waals surface area contributed by atoms with Crippen molar-refractivity contribution in [2.24, 2.45) is 0 Å². The number of alkyl halides is 4. The van der Waals surface area contributed by atoms with Crippen LogP contribution in [0.3, 0.4) is 0 Å². The zero-order valence-corrected chi connectivity index (χ0v) is 18.8. The highest BCUT2D eigenvalue weighted by Crippen LogP contribution is 2.41. The summed E-state index contributed by atoms with van der Waals surface area (Å²) in [6, 6.07) is 0. The molecule has 2 aromatic heterocycles. The number of rotatable bonds is 6. The zero-order chi connectivity index (χ0) is 25.5. The average Bonchev–Trinajstić information content (AvgIpc) is 3.13. The summed E-state index contributed by atoms with van der Waals surface area (Å²) in [6.45, 7) is 3.41. The first-order valence-electron chi connectivity index (χ1n) is 9.92. The molecule has 0 spiro atoms. The number of nitrogens with two attached hydrogens (primary N) is 1. The van der Waals surface area contributed by atoms with Gasteiger partial charge in [-0.15, -0.1) is 0 Å². The average molecular weight is 514 g/mol. The minimum atomic E-state index is -5.24. The number of nitrogen functional groups attached to an aromatic ring is 1. The predicted molar refractivity (Wildman–Crippen MR) is 107 cm³/mol. The van der Waals surface area contributed by atoms with Crippen molar-refractivity contribution in [1.82, 2.24) is 19.1 Å². The molecular weight excluding hydrogens is 494 g/mol. The topological polar surface area (TPSA) is 141 Å². The van der Waals surface area contributed by atoms with Crippen LogP contribution in [0.15, 0.2) is 4.79 Å². The smallest absolute Gasteiger partial charge is 0.428 e. The number of hydrogen-bond acceptors (Lipinski definition) is 9. The van der Waals surface area contributed by atoms with Crippen molar-refractivity contribution < 1.29 is 41.4 Å². The molecule has 0 radical (unpaired) electrons. The first kappa shape index (κ1) is 25.7. The quantitative estimate of drug-likeness (QED) is 0.348. The van der Waals surface area contributed by atoms with Crippen LogP contribution in [-0.2, 0) is 30.3 Å². The molecule has 3 heterocycles. The van der Waals surface area contributed by atoms with Crippen LogP contribution in [-0.4, -0.2) is 61.7 Å². The summed E-state index contributed by atoms with van der Waals surface area (Å²) in [5.74, 6) is -2.80. The lowest BCUT2D eigenvalue weighted by atomic mass is 10.1. The molecule has 34 heavy (non-hydrogen) atoms. The van der Waals surface area contributed by atoms with Crippen LogP contribution in [0.2, 0.25) is 5.15 Å². The Morgan fingerprint density at radius 3 is 2.44 bits per heavy atom. The highest BCUT2D eigenvalue weighted by molar-refractivity contribution is 6.33. The Morgan fingerprint density at radius 1 is 1.26 bits per heavy atom. The van der Waals surface area contributed by atoms with E-state index in [1.165, 1.54) is 0 Å². The molecule has 0 amide bonds. The number of imidazole rings is 1. The Bertz CT molecular complexity index is 1170. The third kappa shape index (κ3) is 4.66. The molecule has 0 aromatic carbocycles. The van der Waals surface area contributed by atoms with E-state index in [4.69, 9.17) is 26.8 Å². The molecule has 0 saturated carbocycles. The minimum Gasteiger partial charge on any atom is -0.454 e. The Morgan fingerprint density at radius 2 is 1.91 bits per heavy atom. The minimum absolute atomic E-state index is 0.0286. The summed E-state index contributed by atoms with van der Waals surface area (Å²) in [5, 5.41) is -0.240. The lowest BCUT2D eigenvalue weighted by molar-refractivity contribution is -0.252. The molecule has 188 valence electrons. The predicted octanol–water partition coefficient (Wildman–Crippen LogP) is 1.90. The molecule has 0 aliphatic carbocycles. The van der Waals surface area contributed by atoms with Gasteiger partial charge in [0.1, 0.15) is 11.6 Å². The molecule has 4 unspecified atom stereocenters. The fraction of sp³-hybridized carbons (Fsp3) is 0.611. The van der Waals surface area contributed by atoms with E-state index in [0.717, 1.165) is 11.5 Å². The van der Waals surface area contributed by atoms with Crippen LogP contribution in [0.1, 0.15) is 33.4 Å². The van der Waals surface area contributed by atoms with E-state index in [1.54, 1.807) is 6.92 Å². The van der Waals surface area contributed by atoms with Gasteiger partial charge in [0.2, 0.25) is 12.1 Å². The number of anilines is 1. The molecule has 0 bridgehead atoms. The molecule has 1 aliphatic heterocycles. The van der Waals surface area contributed by atoms with Gasteiger partial charge < -0.3 is 19.9 Å². The number of fused-ring (bicyclic) bond motifs is 1. The summed E-state index contributed by atoms with van der Waals surface area (Å²) in [6.07, 6.45) is -16.9. The summed E-state index contributed by atoms with van der Waals surface area (Å²) in [5.41, 5.74) is 4.41. The van der Waals surface area contributed by atoms with E-state index in [2.05, 4.69) is 14.7 Å². The van der Waals surface area contributed by atoms with Gasteiger partial charge >= 0.3 is 23.8 Å². The van der Waals surface area contributed by atoms with Crippen LogP contribution in [0.5, 0.6) is 0 Å². The zero-order valence-electron chi connectivity index (χ0n) is 18.0. The van der Waals surface area contributed by atoms with Crippen molar-refractivity contribution in [3.05, 3.63) is 15.6 Å².